The molecule has 5 nitrogen and oxygen atoms in total. The van der Waals surface area contributed by atoms with E-state index in [1.807, 2.05) is 24.0 Å². The van der Waals surface area contributed by atoms with Gasteiger partial charge in [-0.15, -0.1) is 0 Å². The zero-order chi connectivity index (χ0) is 19.4. The number of ether oxygens (including phenoxy) is 1. The van der Waals surface area contributed by atoms with Gasteiger partial charge in [0.05, 0.1) is 16.3 Å². The number of hydrogen-bond donors (Lipinski definition) is 1. The van der Waals surface area contributed by atoms with E-state index >= 15 is 0 Å². The fourth-order valence-electron chi connectivity index (χ4n) is 3.01. The number of hydrogen-bond acceptors (Lipinski definition) is 3. The highest BCUT2D eigenvalue weighted by Crippen LogP contribution is 2.28. The lowest BCUT2D eigenvalue weighted by Gasteiger charge is -2.19. The largest absolute Gasteiger partial charge is 0.482 e. The van der Waals surface area contributed by atoms with Gasteiger partial charge in [0.15, 0.2) is 6.61 Å². The van der Waals surface area contributed by atoms with E-state index < -0.39 is 0 Å². The second-order valence-corrected chi connectivity index (χ2v) is 7.73. The fraction of sp³-hybridized carbons (Fsp3) is 0.300. The minimum Gasteiger partial charge on any atom is -0.482 e. The molecule has 0 aromatic heterocycles. The van der Waals surface area contributed by atoms with Crippen LogP contribution in [0.5, 0.6) is 5.75 Å². The average Bonchev–Trinajstić information content (AvgIpc) is 3.17. The Morgan fingerprint density at radius 2 is 1.96 bits per heavy atom. The van der Waals surface area contributed by atoms with Crippen LogP contribution in [0.2, 0.25) is 5.02 Å². The van der Waals surface area contributed by atoms with Gasteiger partial charge in [0.2, 0.25) is 0 Å². The van der Waals surface area contributed by atoms with E-state index in [0.29, 0.717) is 22.0 Å². The van der Waals surface area contributed by atoms with E-state index in [-0.39, 0.29) is 18.4 Å². The van der Waals surface area contributed by atoms with Crippen molar-refractivity contribution in [3.63, 3.8) is 0 Å². The van der Waals surface area contributed by atoms with E-state index in [9.17, 15) is 9.59 Å². The smallest absolute Gasteiger partial charge is 0.262 e. The molecule has 2 amide bonds. The van der Waals surface area contributed by atoms with E-state index in [0.717, 1.165) is 36.0 Å². The van der Waals surface area contributed by atoms with Crippen molar-refractivity contribution in [1.29, 1.82) is 0 Å². The second kappa shape index (κ2) is 8.76. The van der Waals surface area contributed by atoms with Crippen LogP contribution in [-0.2, 0) is 4.79 Å². The van der Waals surface area contributed by atoms with Crippen molar-refractivity contribution < 1.29 is 14.3 Å². The molecular weight excluding hydrogens is 432 g/mol. The zero-order valence-electron chi connectivity index (χ0n) is 14.9. The molecule has 0 aliphatic carbocycles. The number of carbonyl (C=O) groups is 2. The van der Waals surface area contributed by atoms with E-state index in [2.05, 4.69) is 21.2 Å². The van der Waals surface area contributed by atoms with Gasteiger partial charge in [0.1, 0.15) is 5.75 Å². The van der Waals surface area contributed by atoms with E-state index in [1.165, 1.54) is 0 Å². The molecule has 1 aliphatic rings. The molecule has 142 valence electrons. The number of nitrogens with one attached hydrogen (secondary N) is 1. The van der Waals surface area contributed by atoms with Crippen LogP contribution in [0.3, 0.4) is 0 Å². The van der Waals surface area contributed by atoms with Crippen molar-refractivity contribution in [3.05, 3.63) is 57.0 Å². The third kappa shape index (κ3) is 4.82. The first kappa shape index (κ1) is 19.7. The summed E-state index contributed by atoms with van der Waals surface area (Å²) in [7, 11) is 0. The summed E-state index contributed by atoms with van der Waals surface area (Å²) >= 11 is 9.42. The van der Waals surface area contributed by atoms with Crippen molar-refractivity contribution >= 4 is 45.0 Å². The van der Waals surface area contributed by atoms with E-state index in [4.69, 9.17) is 16.3 Å². The first-order chi connectivity index (χ1) is 13.0. The summed E-state index contributed by atoms with van der Waals surface area (Å²) < 4.78 is 6.33. The lowest BCUT2D eigenvalue weighted by molar-refractivity contribution is -0.118. The van der Waals surface area contributed by atoms with Gasteiger partial charge in [-0.1, -0.05) is 39.7 Å². The lowest BCUT2D eigenvalue weighted by Crippen LogP contribution is -2.29. The van der Waals surface area contributed by atoms with Gasteiger partial charge in [-0.3, -0.25) is 9.59 Å². The molecule has 1 fully saturated rings. The molecule has 1 heterocycles. The Balaban J connectivity index is 1.70. The highest BCUT2D eigenvalue weighted by molar-refractivity contribution is 9.10. The van der Waals surface area contributed by atoms with Crippen LogP contribution >= 0.6 is 27.5 Å². The number of halogens is 2. The SMILES string of the molecule is Cc1cccc(C(=O)N2CCCC2)c1NC(=O)COc1ccc(Br)cc1Cl. The van der Waals surface area contributed by atoms with Crippen LogP contribution < -0.4 is 10.1 Å². The summed E-state index contributed by atoms with van der Waals surface area (Å²) in [6.07, 6.45) is 2.03. The van der Waals surface area contributed by atoms with Gasteiger partial charge >= 0.3 is 0 Å². The Hall–Kier alpha value is -2.05. The summed E-state index contributed by atoms with van der Waals surface area (Å²) in [6.45, 7) is 3.17. The summed E-state index contributed by atoms with van der Waals surface area (Å²) in [5.74, 6) is 0.0234. The maximum atomic E-state index is 12.8. The van der Waals surface area contributed by atoms with Gasteiger partial charge in [-0.05, 0) is 49.6 Å². The summed E-state index contributed by atoms with van der Waals surface area (Å²) in [6, 6.07) is 10.6. The minimum absolute atomic E-state index is 0.0524. The molecule has 1 N–H and O–H groups in total. The molecule has 0 atom stereocenters. The summed E-state index contributed by atoms with van der Waals surface area (Å²) in [5.41, 5.74) is 1.87. The molecule has 1 aliphatic heterocycles. The number of nitrogens with zero attached hydrogens (tertiary/aromatic N) is 1. The molecule has 2 aromatic carbocycles. The zero-order valence-corrected chi connectivity index (χ0v) is 17.3. The Morgan fingerprint density at radius 1 is 1.22 bits per heavy atom. The Morgan fingerprint density at radius 3 is 2.67 bits per heavy atom. The monoisotopic (exact) mass is 450 g/mol. The summed E-state index contributed by atoms with van der Waals surface area (Å²) in [5, 5.41) is 3.24. The molecule has 1 saturated heterocycles. The van der Waals surface area contributed by atoms with Crippen molar-refractivity contribution in [2.24, 2.45) is 0 Å². The third-order valence-electron chi connectivity index (χ3n) is 4.41. The number of amides is 2. The normalized spacial score (nSPS) is 13.5. The van der Waals surface area contributed by atoms with Crippen LogP contribution in [0.4, 0.5) is 5.69 Å². The van der Waals surface area contributed by atoms with Crippen LogP contribution in [0.1, 0.15) is 28.8 Å². The van der Waals surface area contributed by atoms with Crippen LogP contribution in [0.15, 0.2) is 40.9 Å². The number of para-hydroxylation sites is 1. The van der Waals surface area contributed by atoms with Gasteiger partial charge in [0, 0.05) is 17.6 Å². The van der Waals surface area contributed by atoms with E-state index in [1.54, 1.807) is 24.3 Å². The topological polar surface area (TPSA) is 58.6 Å². The van der Waals surface area contributed by atoms with Gasteiger partial charge in [-0.25, -0.2) is 0 Å². The maximum Gasteiger partial charge on any atom is 0.262 e. The second-order valence-electron chi connectivity index (χ2n) is 6.41. The first-order valence-electron chi connectivity index (χ1n) is 8.72. The van der Waals surface area contributed by atoms with Crippen LogP contribution in [0.25, 0.3) is 0 Å². The predicted molar refractivity (Wildman–Crippen MR) is 110 cm³/mol. The van der Waals surface area contributed by atoms with Crippen molar-refractivity contribution in [2.75, 3.05) is 25.0 Å². The summed E-state index contributed by atoms with van der Waals surface area (Å²) in [4.78, 5) is 27.0. The van der Waals surface area contributed by atoms with Crippen molar-refractivity contribution in [3.8, 4) is 5.75 Å². The standard InChI is InChI=1S/C20H20BrClN2O3/c1-13-5-4-6-15(20(26)24-9-2-3-10-24)19(13)23-18(25)12-27-17-8-7-14(21)11-16(17)22/h4-8,11H,2-3,9-10,12H2,1H3,(H,23,25). The molecule has 27 heavy (non-hydrogen) atoms. The highest BCUT2D eigenvalue weighted by Gasteiger charge is 2.23. The molecule has 2 aromatic rings. The Kier molecular flexibility index (Phi) is 6.39. The number of anilines is 1. The number of rotatable bonds is 5. The first-order valence-corrected chi connectivity index (χ1v) is 9.89. The molecule has 0 saturated carbocycles. The maximum absolute atomic E-state index is 12.8. The average molecular weight is 452 g/mol. The van der Waals surface area contributed by atoms with Gasteiger partial charge < -0.3 is 15.0 Å². The van der Waals surface area contributed by atoms with Crippen molar-refractivity contribution in [2.45, 2.75) is 19.8 Å². The number of benzene rings is 2. The molecular formula is C20H20BrClN2O3. The number of aryl methyl sites for hydroxylation is 1. The van der Waals surface area contributed by atoms with Crippen molar-refractivity contribution in [1.82, 2.24) is 4.90 Å². The van der Waals surface area contributed by atoms with Crippen LogP contribution in [0, 0.1) is 6.92 Å². The fourth-order valence-corrected chi connectivity index (χ4v) is 3.74. The number of carbonyl (C=O) groups excluding carboxylic acids is 2. The quantitative estimate of drug-likeness (QED) is 0.719. The lowest BCUT2D eigenvalue weighted by atomic mass is 10.1. The van der Waals surface area contributed by atoms with Gasteiger partial charge in [0.25, 0.3) is 11.8 Å². The molecule has 0 bridgehead atoms. The Labute approximate surface area is 171 Å². The Bertz CT molecular complexity index is 866. The third-order valence-corrected chi connectivity index (χ3v) is 5.20. The molecule has 3 rings (SSSR count). The minimum atomic E-state index is -0.348. The molecule has 0 unspecified atom stereocenters. The van der Waals surface area contributed by atoms with Gasteiger partial charge in [-0.2, -0.15) is 0 Å². The molecule has 7 heteroatoms. The van der Waals surface area contributed by atoms with Crippen LogP contribution in [-0.4, -0.2) is 36.4 Å². The predicted octanol–water partition coefficient (Wildman–Crippen LogP) is 4.66. The highest BCUT2D eigenvalue weighted by atomic mass is 79.9. The number of likely N-dealkylation sites (tertiary alicyclic amines) is 1. The molecule has 0 spiro atoms. The molecule has 0 radical (unpaired) electrons.